The molecule has 104 valence electrons. The predicted molar refractivity (Wildman–Crippen MR) is 67.0 cm³/mol. The minimum absolute atomic E-state index is 0.00548. The van der Waals surface area contributed by atoms with E-state index in [4.69, 9.17) is 5.11 Å². The van der Waals surface area contributed by atoms with Crippen LogP contribution in [0.5, 0.6) is 0 Å². The summed E-state index contributed by atoms with van der Waals surface area (Å²) < 4.78 is 0. The maximum absolute atomic E-state index is 11.9. The van der Waals surface area contributed by atoms with Crippen molar-refractivity contribution in [2.24, 2.45) is 11.3 Å². The van der Waals surface area contributed by atoms with Gasteiger partial charge in [0.1, 0.15) is 0 Å². The standard InChI is InChI=1S/C13H23NO4/c1-9(8-15)10(2)14-11(16)7-13(12(17)18)5-3-4-6-13/h9-10,15H,3-8H2,1-2H3,(H,14,16)(H,17,18). The molecule has 1 fully saturated rings. The van der Waals surface area contributed by atoms with E-state index in [-0.39, 0.29) is 30.9 Å². The van der Waals surface area contributed by atoms with Crippen LogP contribution in [0.2, 0.25) is 0 Å². The van der Waals surface area contributed by atoms with Gasteiger partial charge in [0.05, 0.1) is 5.41 Å². The molecule has 0 aliphatic heterocycles. The van der Waals surface area contributed by atoms with E-state index in [1.54, 1.807) is 0 Å². The van der Waals surface area contributed by atoms with E-state index in [0.29, 0.717) is 12.8 Å². The van der Waals surface area contributed by atoms with E-state index >= 15 is 0 Å². The Labute approximate surface area is 108 Å². The molecule has 0 spiro atoms. The molecule has 5 nitrogen and oxygen atoms in total. The van der Waals surface area contributed by atoms with Crippen molar-refractivity contribution in [1.82, 2.24) is 5.32 Å². The van der Waals surface area contributed by atoms with Gasteiger partial charge in [0.25, 0.3) is 0 Å². The largest absolute Gasteiger partial charge is 0.481 e. The van der Waals surface area contributed by atoms with Crippen molar-refractivity contribution in [3.05, 3.63) is 0 Å². The maximum Gasteiger partial charge on any atom is 0.310 e. The fourth-order valence-corrected chi connectivity index (χ4v) is 2.43. The van der Waals surface area contributed by atoms with Crippen LogP contribution in [0.4, 0.5) is 0 Å². The molecule has 1 aliphatic rings. The number of hydrogen-bond acceptors (Lipinski definition) is 3. The highest BCUT2D eigenvalue weighted by Gasteiger charge is 2.43. The molecule has 3 N–H and O–H groups in total. The van der Waals surface area contributed by atoms with Crippen LogP contribution < -0.4 is 5.32 Å². The molecule has 2 unspecified atom stereocenters. The molecule has 2 atom stereocenters. The summed E-state index contributed by atoms with van der Waals surface area (Å²) in [5.41, 5.74) is -0.869. The smallest absolute Gasteiger partial charge is 0.310 e. The maximum atomic E-state index is 11.9. The number of amides is 1. The van der Waals surface area contributed by atoms with Crippen LogP contribution in [0, 0.1) is 11.3 Å². The van der Waals surface area contributed by atoms with E-state index in [9.17, 15) is 14.7 Å². The summed E-state index contributed by atoms with van der Waals surface area (Å²) in [6.45, 7) is 3.67. The van der Waals surface area contributed by atoms with Gasteiger partial charge in [0, 0.05) is 19.1 Å². The van der Waals surface area contributed by atoms with E-state index in [0.717, 1.165) is 12.8 Å². The van der Waals surface area contributed by atoms with Crippen molar-refractivity contribution >= 4 is 11.9 Å². The van der Waals surface area contributed by atoms with Crippen LogP contribution in [0.15, 0.2) is 0 Å². The van der Waals surface area contributed by atoms with Crippen LogP contribution >= 0.6 is 0 Å². The third kappa shape index (κ3) is 3.45. The lowest BCUT2D eigenvalue weighted by Gasteiger charge is -2.25. The summed E-state index contributed by atoms with van der Waals surface area (Å²) in [5, 5.41) is 21.1. The number of carboxylic acids is 1. The van der Waals surface area contributed by atoms with Gasteiger partial charge in [-0.25, -0.2) is 0 Å². The van der Waals surface area contributed by atoms with Crippen molar-refractivity contribution < 1.29 is 19.8 Å². The number of carbonyl (C=O) groups is 2. The van der Waals surface area contributed by atoms with Crippen molar-refractivity contribution in [2.75, 3.05) is 6.61 Å². The summed E-state index contributed by atoms with van der Waals surface area (Å²) in [7, 11) is 0. The van der Waals surface area contributed by atoms with E-state index in [1.165, 1.54) is 0 Å². The molecule has 0 bridgehead atoms. The lowest BCUT2D eigenvalue weighted by atomic mass is 9.82. The Morgan fingerprint density at radius 2 is 1.83 bits per heavy atom. The topological polar surface area (TPSA) is 86.6 Å². The Kier molecular flexibility index (Phi) is 5.14. The molecular formula is C13H23NO4. The molecule has 1 aliphatic carbocycles. The van der Waals surface area contributed by atoms with E-state index < -0.39 is 11.4 Å². The van der Waals surface area contributed by atoms with Gasteiger partial charge >= 0.3 is 5.97 Å². The highest BCUT2D eigenvalue weighted by molar-refractivity contribution is 5.85. The number of hydrogen-bond donors (Lipinski definition) is 3. The van der Waals surface area contributed by atoms with Crippen LogP contribution in [-0.4, -0.2) is 34.7 Å². The average Bonchev–Trinajstić information content (AvgIpc) is 2.77. The normalized spacial score (nSPS) is 21.3. The second kappa shape index (κ2) is 6.18. The molecule has 1 amide bonds. The summed E-state index contributed by atoms with van der Waals surface area (Å²) in [6, 6.07) is -0.144. The molecule has 0 radical (unpaired) electrons. The van der Waals surface area contributed by atoms with Gasteiger partial charge < -0.3 is 15.5 Å². The minimum atomic E-state index is -0.869. The molecule has 0 aromatic carbocycles. The Hall–Kier alpha value is -1.10. The molecule has 0 heterocycles. The van der Waals surface area contributed by atoms with E-state index in [2.05, 4.69) is 5.32 Å². The molecule has 1 rings (SSSR count). The SMILES string of the molecule is CC(CO)C(C)NC(=O)CC1(C(=O)O)CCCC1. The Bertz CT molecular complexity index is 310. The zero-order chi connectivity index (χ0) is 13.8. The zero-order valence-corrected chi connectivity index (χ0v) is 11.1. The summed E-state index contributed by atoms with van der Waals surface area (Å²) in [5.74, 6) is -1.12. The lowest BCUT2D eigenvalue weighted by Crippen LogP contribution is -2.42. The van der Waals surface area contributed by atoms with Crippen molar-refractivity contribution in [2.45, 2.75) is 52.0 Å². The molecular weight excluding hydrogens is 234 g/mol. The second-order valence-electron chi connectivity index (χ2n) is 5.49. The first-order chi connectivity index (χ1) is 8.41. The number of aliphatic carboxylic acids is 1. The Balaban J connectivity index is 2.55. The molecule has 0 aromatic rings. The van der Waals surface area contributed by atoms with Gasteiger partial charge in [0.2, 0.25) is 5.91 Å². The minimum Gasteiger partial charge on any atom is -0.481 e. The van der Waals surface area contributed by atoms with Gasteiger partial charge in [-0.15, -0.1) is 0 Å². The number of aliphatic hydroxyl groups is 1. The van der Waals surface area contributed by atoms with Crippen molar-refractivity contribution in [3.63, 3.8) is 0 Å². The van der Waals surface area contributed by atoms with Gasteiger partial charge in [0.15, 0.2) is 0 Å². The predicted octanol–water partition coefficient (Wildman–Crippen LogP) is 1.15. The van der Waals surface area contributed by atoms with Crippen LogP contribution in [0.3, 0.4) is 0 Å². The quantitative estimate of drug-likeness (QED) is 0.666. The van der Waals surface area contributed by atoms with Gasteiger partial charge in [-0.1, -0.05) is 19.8 Å². The van der Waals surface area contributed by atoms with Crippen LogP contribution in [-0.2, 0) is 9.59 Å². The Morgan fingerprint density at radius 3 is 2.28 bits per heavy atom. The number of carbonyl (C=O) groups excluding carboxylic acids is 1. The van der Waals surface area contributed by atoms with Gasteiger partial charge in [-0.05, 0) is 25.7 Å². The lowest BCUT2D eigenvalue weighted by molar-refractivity contribution is -0.151. The third-order valence-electron chi connectivity index (χ3n) is 4.04. The van der Waals surface area contributed by atoms with E-state index in [1.807, 2.05) is 13.8 Å². The summed E-state index contributed by atoms with van der Waals surface area (Å²) in [4.78, 5) is 23.2. The number of aliphatic hydroxyl groups excluding tert-OH is 1. The van der Waals surface area contributed by atoms with Crippen molar-refractivity contribution in [3.8, 4) is 0 Å². The first kappa shape index (κ1) is 15.0. The Morgan fingerprint density at radius 1 is 1.28 bits per heavy atom. The highest BCUT2D eigenvalue weighted by Crippen LogP contribution is 2.41. The van der Waals surface area contributed by atoms with Crippen LogP contribution in [0.25, 0.3) is 0 Å². The summed E-state index contributed by atoms with van der Waals surface area (Å²) >= 11 is 0. The number of nitrogens with one attached hydrogen (secondary N) is 1. The fraction of sp³-hybridized carbons (Fsp3) is 0.846. The zero-order valence-electron chi connectivity index (χ0n) is 11.1. The molecule has 0 aromatic heterocycles. The average molecular weight is 257 g/mol. The molecule has 18 heavy (non-hydrogen) atoms. The van der Waals surface area contributed by atoms with Gasteiger partial charge in [-0.2, -0.15) is 0 Å². The summed E-state index contributed by atoms with van der Waals surface area (Å²) in [6.07, 6.45) is 2.97. The van der Waals surface area contributed by atoms with Crippen molar-refractivity contribution in [1.29, 1.82) is 0 Å². The monoisotopic (exact) mass is 257 g/mol. The fourth-order valence-electron chi connectivity index (χ4n) is 2.43. The first-order valence-corrected chi connectivity index (χ1v) is 6.55. The van der Waals surface area contributed by atoms with Crippen LogP contribution in [0.1, 0.15) is 46.0 Å². The molecule has 5 heteroatoms. The first-order valence-electron chi connectivity index (χ1n) is 6.55. The number of carboxylic acid groups (broad SMARTS) is 1. The van der Waals surface area contributed by atoms with Gasteiger partial charge in [-0.3, -0.25) is 9.59 Å². The third-order valence-corrected chi connectivity index (χ3v) is 4.04. The highest BCUT2D eigenvalue weighted by atomic mass is 16.4. The number of rotatable bonds is 6. The molecule has 1 saturated carbocycles. The molecule has 0 saturated heterocycles. The second-order valence-corrected chi connectivity index (χ2v) is 5.49.